The van der Waals surface area contributed by atoms with Gasteiger partial charge in [0.05, 0.1) is 16.6 Å². The van der Waals surface area contributed by atoms with Gasteiger partial charge >= 0.3 is 0 Å². The van der Waals surface area contributed by atoms with E-state index in [-0.39, 0.29) is 24.2 Å². The van der Waals surface area contributed by atoms with E-state index in [0.717, 1.165) is 0 Å². The van der Waals surface area contributed by atoms with Gasteiger partial charge in [0.1, 0.15) is 0 Å². The number of anilines is 1. The third-order valence-electron chi connectivity index (χ3n) is 3.47. The van der Waals surface area contributed by atoms with Gasteiger partial charge < -0.3 is 9.80 Å². The third kappa shape index (κ3) is 2.73. The molecular formula is C14H17ClN2O2. The maximum Gasteiger partial charge on any atom is 0.227 e. The molecule has 1 saturated heterocycles. The summed E-state index contributed by atoms with van der Waals surface area (Å²) in [7, 11) is 1.75. The highest BCUT2D eigenvalue weighted by atomic mass is 35.5. The first-order valence-corrected chi connectivity index (χ1v) is 6.72. The minimum absolute atomic E-state index is 0.0189. The van der Waals surface area contributed by atoms with E-state index in [0.29, 0.717) is 23.8 Å². The van der Waals surface area contributed by atoms with Gasteiger partial charge in [-0.1, -0.05) is 23.7 Å². The molecule has 5 heteroatoms. The number of carbonyl (C=O) groups excluding carboxylic acids is 2. The lowest BCUT2D eigenvalue weighted by Crippen LogP contribution is -2.34. The largest absolute Gasteiger partial charge is 0.346 e. The van der Waals surface area contributed by atoms with Crippen LogP contribution in [0.5, 0.6) is 0 Å². The van der Waals surface area contributed by atoms with Crippen molar-refractivity contribution in [2.75, 3.05) is 25.0 Å². The van der Waals surface area contributed by atoms with Crippen molar-refractivity contribution in [3.8, 4) is 0 Å². The molecule has 1 unspecified atom stereocenters. The van der Waals surface area contributed by atoms with Crippen LogP contribution < -0.4 is 4.90 Å². The van der Waals surface area contributed by atoms with Crippen LogP contribution in [0, 0.1) is 5.92 Å². The van der Waals surface area contributed by atoms with Crippen molar-refractivity contribution in [2.45, 2.75) is 13.3 Å². The summed E-state index contributed by atoms with van der Waals surface area (Å²) in [5, 5.41) is 0.535. The summed E-state index contributed by atoms with van der Waals surface area (Å²) in [5.41, 5.74) is 0.684. The Kier molecular flexibility index (Phi) is 4.10. The average molecular weight is 281 g/mol. The summed E-state index contributed by atoms with van der Waals surface area (Å²) in [5.74, 6) is -0.296. The number of rotatable bonds is 3. The Morgan fingerprint density at radius 1 is 1.47 bits per heavy atom. The molecule has 1 fully saturated rings. The van der Waals surface area contributed by atoms with Crippen LogP contribution >= 0.6 is 11.6 Å². The zero-order valence-corrected chi connectivity index (χ0v) is 11.9. The fraction of sp³-hybridized carbons (Fsp3) is 0.429. The Bertz CT molecular complexity index is 504. The van der Waals surface area contributed by atoms with Crippen molar-refractivity contribution in [2.24, 2.45) is 5.92 Å². The Morgan fingerprint density at radius 2 is 2.16 bits per heavy atom. The Hall–Kier alpha value is -1.55. The summed E-state index contributed by atoms with van der Waals surface area (Å²) >= 11 is 6.10. The summed E-state index contributed by atoms with van der Waals surface area (Å²) in [4.78, 5) is 27.4. The molecule has 4 nitrogen and oxygen atoms in total. The lowest BCUT2D eigenvalue weighted by molar-refractivity contribution is -0.134. The van der Waals surface area contributed by atoms with Gasteiger partial charge in [0, 0.05) is 26.6 Å². The maximum absolute atomic E-state index is 12.1. The smallest absolute Gasteiger partial charge is 0.227 e. The van der Waals surface area contributed by atoms with Gasteiger partial charge in [-0.25, -0.2) is 0 Å². The van der Waals surface area contributed by atoms with Crippen molar-refractivity contribution in [3.63, 3.8) is 0 Å². The lowest BCUT2D eigenvalue weighted by atomic mass is 10.1. The number of amides is 2. The molecule has 0 aliphatic carbocycles. The number of nitrogens with zero attached hydrogens (tertiary/aromatic N) is 2. The molecule has 102 valence electrons. The molecule has 1 aromatic carbocycles. The zero-order valence-electron chi connectivity index (χ0n) is 11.1. The van der Waals surface area contributed by atoms with Crippen LogP contribution in [0.1, 0.15) is 13.3 Å². The topological polar surface area (TPSA) is 40.6 Å². The number of hydrogen-bond acceptors (Lipinski definition) is 2. The second-order valence-corrected chi connectivity index (χ2v) is 5.12. The minimum Gasteiger partial charge on any atom is -0.346 e. The predicted molar refractivity (Wildman–Crippen MR) is 75.2 cm³/mol. The average Bonchev–Trinajstić information content (AvgIpc) is 2.79. The molecule has 2 rings (SSSR count). The first-order chi connectivity index (χ1) is 9.04. The van der Waals surface area contributed by atoms with Gasteiger partial charge in [0.25, 0.3) is 0 Å². The van der Waals surface area contributed by atoms with Crippen molar-refractivity contribution in [1.29, 1.82) is 0 Å². The standard InChI is InChI=1S/C14H17ClN2O2/c1-3-16(2)14(19)10-8-13(18)17(9-10)12-7-5-4-6-11(12)15/h4-7,10H,3,8-9H2,1-2H3. The second-order valence-electron chi connectivity index (χ2n) is 4.71. The van der Waals surface area contributed by atoms with Crippen LogP contribution in [-0.4, -0.2) is 36.9 Å². The first-order valence-electron chi connectivity index (χ1n) is 6.34. The Labute approximate surface area is 117 Å². The van der Waals surface area contributed by atoms with Crippen molar-refractivity contribution in [1.82, 2.24) is 4.90 Å². The number of hydrogen-bond donors (Lipinski definition) is 0. The van der Waals surface area contributed by atoms with E-state index in [2.05, 4.69) is 0 Å². The molecule has 0 radical (unpaired) electrons. The van der Waals surface area contributed by atoms with Crippen LogP contribution in [0.25, 0.3) is 0 Å². The second kappa shape index (κ2) is 5.61. The summed E-state index contributed by atoms with van der Waals surface area (Å²) in [6, 6.07) is 7.20. The number of para-hydroxylation sites is 1. The molecule has 1 aromatic rings. The maximum atomic E-state index is 12.1. The van der Waals surface area contributed by atoms with E-state index in [9.17, 15) is 9.59 Å². The quantitative estimate of drug-likeness (QED) is 0.851. The van der Waals surface area contributed by atoms with Crippen LogP contribution in [0.4, 0.5) is 5.69 Å². The minimum atomic E-state index is -0.270. The Balaban J connectivity index is 2.17. The normalized spacial score (nSPS) is 18.8. The molecule has 0 aromatic heterocycles. The third-order valence-corrected chi connectivity index (χ3v) is 3.79. The molecule has 19 heavy (non-hydrogen) atoms. The first kappa shape index (κ1) is 13.9. The molecule has 0 spiro atoms. The van der Waals surface area contributed by atoms with Gasteiger partial charge in [-0.3, -0.25) is 9.59 Å². The van der Waals surface area contributed by atoms with E-state index in [1.54, 1.807) is 29.0 Å². The van der Waals surface area contributed by atoms with Crippen LogP contribution in [0.3, 0.4) is 0 Å². The van der Waals surface area contributed by atoms with Gasteiger partial charge in [-0.2, -0.15) is 0 Å². The van der Waals surface area contributed by atoms with E-state index in [1.807, 2.05) is 19.1 Å². The van der Waals surface area contributed by atoms with Crippen LogP contribution in [0.2, 0.25) is 5.02 Å². The molecule has 2 amide bonds. The SMILES string of the molecule is CCN(C)C(=O)C1CC(=O)N(c2ccccc2Cl)C1. The van der Waals surface area contributed by atoms with Gasteiger partial charge in [-0.15, -0.1) is 0 Å². The summed E-state index contributed by atoms with van der Waals surface area (Å²) in [6.45, 7) is 2.97. The summed E-state index contributed by atoms with van der Waals surface area (Å²) < 4.78 is 0. The highest BCUT2D eigenvalue weighted by Gasteiger charge is 2.36. The molecule has 0 N–H and O–H groups in total. The van der Waals surface area contributed by atoms with Crippen LogP contribution in [-0.2, 0) is 9.59 Å². The fourth-order valence-corrected chi connectivity index (χ4v) is 2.48. The van der Waals surface area contributed by atoms with E-state index >= 15 is 0 Å². The van der Waals surface area contributed by atoms with Crippen LogP contribution in [0.15, 0.2) is 24.3 Å². The van der Waals surface area contributed by atoms with Crippen molar-refractivity contribution < 1.29 is 9.59 Å². The molecular weight excluding hydrogens is 264 g/mol. The van der Waals surface area contributed by atoms with Gasteiger partial charge in [-0.05, 0) is 19.1 Å². The van der Waals surface area contributed by atoms with Gasteiger partial charge in [0.2, 0.25) is 11.8 Å². The zero-order chi connectivity index (χ0) is 14.0. The molecule has 1 heterocycles. The van der Waals surface area contributed by atoms with Gasteiger partial charge in [0.15, 0.2) is 0 Å². The lowest BCUT2D eigenvalue weighted by Gasteiger charge is -2.20. The number of halogens is 1. The highest BCUT2D eigenvalue weighted by Crippen LogP contribution is 2.31. The Morgan fingerprint density at radius 3 is 2.79 bits per heavy atom. The monoisotopic (exact) mass is 280 g/mol. The molecule has 1 aliphatic rings. The fourth-order valence-electron chi connectivity index (χ4n) is 2.24. The van der Waals surface area contributed by atoms with E-state index < -0.39 is 0 Å². The number of benzene rings is 1. The number of carbonyl (C=O) groups is 2. The van der Waals surface area contributed by atoms with Crippen molar-refractivity contribution in [3.05, 3.63) is 29.3 Å². The predicted octanol–water partition coefficient (Wildman–Crippen LogP) is 2.17. The van der Waals surface area contributed by atoms with E-state index in [1.165, 1.54) is 0 Å². The molecule has 1 atom stereocenters. The molecule has 0 saturated carbocycles. The molecule has 0 bridgehead atoms. The van der Waals surface area contributed by atoms with Crippen molar-refractivity contribution >= 4 is 29.1 Å². The summed E-state index contributed by atoms with van der Waals surface area (Å²) in [6.07, 6.45) is 0.258. The highest BCUT2D eigenvalue weighted by molar-refractivity contribution is 6.33. The molecule has 1 aliphatic heterocycles. The van der Waals surface area contributed by atoms with E-state index in [4.69, 9.17) is 11.6 Å².